The first-order valence-corrected chi connectivity index (χ1v) is 8.73. The fourth-order valence-electron chi connectivity index (χ4n) is 3.25. The van der Waals surface area contributed by atoms with Crippen molar-refractivity contribution in [1.29, 1.82) is 0 Å². The lowest BCUT2D eigenvalue weighted by Crippen LogP contribution is -2.38. The molecular formula is C21H21N3O4. The lowest BCUT2D eigenvalue weighted by Gasteiger charge is -2.17. The van der Waals surface area contributed by atoms with Gasteiger partial charge in [-0.2, -0.15) is 0 Å². The number of fused-ring (bicyclic) bond motifs is 1. The molecule has 0 fully saturated rings. The summed E-state index contributed by atoms with van der Waals surface area (Å²) in [6.45, 7) is 7.17. The Morgan fingerprint density at radius 2 is 1.93 bits per heavy atom. The number of esters is 1. The second-order valence-corrected chi connectivity index (χ2v) is 6.61. The maximum Gasteiger partial charge on any atom is 0.340 e. The predicted molar refractivity (Wildman–Crippen MR) is 108 cm³/mol. The van der Waals surface area contributed by atoms with Crippen molar-refractivity contribution in [3.63, 3.8) is 0 Å². The number of benzene rings is 1. The molecule has 0 aliphatic heterocycles. The summed E-state index contributed by atoms with van der Waals surface area (Å²) < 4.78 is 7.57. The molecule has 28 heavy (non-hydrogen) atoms. The quantitative estimate of drug-likeness (QED) is 0.513. The third kappa shape index (κ3) is 3.05. The Bertz CT molecular complexity index is 1240. The Balaban J connectivity index is 2.56. The van der Waals surface area contributed by atoms with Crippen molar-refractivity contribution < 1.29 is 9.53 Å². The Kier molecular flexibility index (Phi) is 5.00. The first kappa shape index (κ1) is 19.3. The predicted octanol–water partition coefficient (Wildman–Crippen LogP) is 2.26. The van der Waals surface area contributed by atoms with Gasteiger partial charge in [0.25, 0.3) is 5.56 Å². The third-order valence-electron chi connectivity index (χ3n) is 4.61. The van der Waals surface area contributed by atoms with Crippen LogP contribution in [0.2, 0.25) is 0 Å². The van der Waals surface area contributed by atoms with E-state index in [0.29, 0.717) is 16.8 Å². The summed E-state index contributed by atoms with van der Waals surface area (Å²) in [7, 11) is 2.95. The first-order chi connectivity index (χ1) is 13.3. The molecule has 7 heteroatoms. The van der Waals surface area contributed by atoms with Gasteiger partial charge in [-0.1, -0.05) is 42.5 Å². The maximum absolute atomic E-state index is 13.0. The third-order valence-corrected chi connectivity index (χ3v) is 4.61. The van der Waals surface area contributed by atoms with Crippen LogP contribution in [0.1, 0.15) is 21.6 Å². The van der Waals surface area contributed by atoms with Gasteiger partial charge in [0.1, 0.15) is 12.3 Å². The van der Waals surface area contributed by atoms with Crippen molar-refractivity contribution >= 4 is 17.0 Å². The van der Waals surface area contributed by atoms with Crippen molar-refractivity contribution in [1.82, 2.24) is 14.1 Å². The molecular weight excluding hydrogens is 358 g/mol. The van der Waals surface area contributed by atoms with Crippen LogP contribution in [0.15, 0.2) is 46.5 Å². The highest BCUT2D eigenvalue weighted by Crippen LogP contribution is 2.32. The molecule has 2 aromatic heterocycles. The van der Waals surface area contributed by atoms with Crippen LogP contribution < -0.4 is 11.2 Å². The van der Waals surface area contributed by atoms with E-state index in [1.54, 1.807) is 14.0 Å². The molecule has 0 N–H and O–H groups in total. The van der Waals surface area contributed by atoms with Crippen LogP contribution in [-0.2, 0) is 18.8 Å². The van der Waals surface area contributed by atoms with Gasteiger partial charge >= 0.3 is 11.7 Å². The molecule has 0 saturated carbocycles. The Morgan fingerprint density at radius 1 is 1.21 bits per heavy atom. The van der Waals surface area contributed by atoms with Gasteiger partial charge in [-0.05, 0) is 19.4 Å². The van der Waals surface area contributed by atoms with Crippen LogP contribution >= 0.6 is 0 Å². The van der Waals surface area contributed by atoms with Crippen molar-refractivity contribution in [2.75, 3.05) is 6.61 Å². The van der Waals surface area contributed by atoms with Crippen LogP contribution in [0.25, 0.3) is 22.2 Å². The fraction of sp³-hybridized carbons (Fsp3) is 0.238. The van der Waals surface area contributed by atoms with Crippen LogP contribution in [-0.4, -0.2) is 26.7 Å². The smallest absolute Gasteiger partial charge is 0.340 e. The highest BCUT2D eigenvalue weighted by Gasteiger charge is 2.25. The molecule has 0 saturated heterocycles. The summed E-state index contributed by atoms with van der Waals surface area (Å²) >= 11 is 0. The average molecular weight is 379 g/mol. The Hall–Kier alpha value is -3.48. The molecule has 0 radical (unpaired) electrons. The summed E-state index contributed by atoms with van der Waals surface area (Å²) in [6, 6.07) is 7.46. The van der Waals surface area contributed by atoms with E-state index in [1.165, 1.54) is 17.7 Å². The molecule has 1 aromatic carbocycles. The van der Waals surface area contributed by atoms with Crippen molar-refractivity contribution in [3.05, 3.63) is 74.6 Å². The summed E-state index contributed by atoms with van der Waals surface area (Å²) in [4.78, 5) is 42.6. The number of hydrogen-bond acceptors (Lipinski definition) is 5. The molecule has 144 valence electrons. The Morgan fingerprint density at radius 3 is 2.57 bits per heavy atom. The van der Waals surface area contributed by atoms with E-state index in [-0.39, 0.29) is 23.2 Å². The zero-order valence-corrected chi connectivity index (χ0v) is 16.3. The molecule has 0 spiro atoms. The number of aryl methyl sites for hydroxylation is 3. The van der Waals surface area contributed by atoms with Gasteiger partial charge in [-0.15, -0.1) is 0 Å². The highest BCUT2D eigenvalue weighted by molar-refractivity contribution is 6.07. The lowest BCUT2D eigenvalue weighted by molar-refractivity contribution is 0.0549. The number of carbonyl (C=O) groups excluding carboxylic acids is 1. The number of rotatable bonds is 4. The van der Waals surface area contributed by atoms with E-state index >= 15 is 0 Å². The zero-order valence-electron chi connectivity index (χ0n) is 16.3. The molecule has 0 unspecified atom stereocenters. The summed E-state index contributed by atoms with van der Waals surface area (Å²) in [6.07, 6.45) is 1.47. The van der Waals surface area contributed by atoms with E-state index in [4.69, 9.17) is 4.74 Å². The van der Waals surface area contributed by atoms with Crippen molar-refractivity contribution in [2.24, 2.45) is 14.1 Å². The van der Waals surface area contributed by atoms with Crippen LogP contribution in [0, 0.1) is 13.8 Å². The minimum atomic E-state index is -0.598. The molecule has 3 rings (SSSR count). The molecule has 0 aliphatic rings. The zero-order chi connectivity index (χ0) is 20.6. The number of ether oxygens (including phenoxy) is 1. The topological polar surface area (TPSA) is 83.2 Å². The van der Waals surface area contributed by atoms with Gasteiger partial charge in [0, 0.05) is 19.7 Å². The maximum atomic E-state index is 13.0. The van der Waals surface area contributed by atoms with E-state index in [2.05, 4.69) is 11.6 Å². The monoisotopic (exact) mass is 379 g/mol. The molecule has 0 amide bonds. The highest BCUT2D eigenvalue weighted by atomic mass is 16.5. The van der Waals surface area contributed by atoms with Gasteiger partial charge in [0.05, 0.1) is 16.6 Å². The minimum Gasteiger partial charge on any atom is -0.458 e. The standard InChI is InChI=1S/C21H21N3O4/c1-6-10-28-20(26)15-13(3)22-18-17(19(25)24(5)21(27)23(18)4)16(15)14-9-7-8-12(2)11-14/h6-9,11H,1,10H2,2-5H3. The van der Waals surface area contributed by atoms with Gasteiger partial charge in [-0.3, -0.25) is 13.9 Å². The van der Waals surface area contributed by atoms with Gasteiger partial charge < -0.3 is 4.74 Å². The Labute approximate surface area is 161 Å². The van der Waals surface area contributed by atoms with Gasteiger partial charge in [0.15, 0.2) is 0 Å². The van der Waals surface area contributed by atoms with Crippen molar-refractivity contribution in [2.45, 2.75) is 13.8 Å². The fourth-order valence-corrected chi connectivity index (χ4v) is 3.25. The molecule has 7 nitrogen and oxygen atoms in total. The molecule has 0 bridgehead atoms. The number of pyridine rings is 1. The number of aromatic nitrogens is 3. The number of hydrogen-bond donors (Lipinski definition) is 0. The van der Waals surface area contributed by atoms with Gasteiger partial charge in [-0.25, -0.2) is 14.6 Å². The lowest BCUT2D eigenvalue weighted by atomic mass is 9.95. The normalized spacial score (nSPS) is 10.9. The largest absolute Gasteiger partial charge is 0.458 e. The summed E-state index contributed by atoms with van der Waals surface area (Å²) in [5.41, 5.74) is 1.86. The molecule has 0 aliphatic carbocycles. The summed E-state index contributed by atoms with van der Waals surface area (Å²) in [5.74, 6) is -0.598. The number of carbonyl (C=O) groups is 1. The summed E-state index contributed by atoms with van der Waals surface area (Å²) in [5, 5.41) is 0.200. The van der Waals surface area contributed by atoms with Crippen LogP contribution in [0.3, 0.4) is 0 Å². The van der Waals surface area contributed by atoms with Crippen LogP contribution in [0.4, 0.5) is 0 Å². The first-order valence-electron chi connectivity index (χ1n) is 8.73. The average Bonchev–Trinajstić information content (AvgIpc) is 2.67. The van der Waals surface area contributed by atoms with E-state index in [9.17, 15) is 14.4 Å². The second kappa shape index (κ2) is 7.26. The molecule has 0 atom stereocenters. The van der Waals surface area contributed by atoms with E-state index < -0.39 is 17.2 Å². The SMILES string of the molecule is C=CCOC(=O)c1c(C)nc2c(c1-c1cccc(C)c1)c(=O)n(C)c(=O)n2C. The molecule has 2 heterocycles. The van der Waals surface area contributed by atoms with Gasteiger partial charge in [0.2, 0.25) is 0 Å². The number of nitrogens with zero attached hydrogens (tertiary/aromatic N) is 3. The molecule has 3 aromatic rings. The second-order valence-electron chi connectivity index (χ2n) is 6.61. The minimum absolute atomic E-state index is 0.0366. The van der Waals surface area contributed by atoms with E-state index in [0.717, 1.165) is 10.1 Å². The van der Waals surface area contributed by atoms with Crippen molar-refractivity contribution in [3.8, 4) is 11.1 Å². The van der Waals surface area contributed by atoms with Crippen LogP contribution in [0.5, 0.6) is 0 Å². The van der Waals surface area contributed by atoms with E-state index in [1.807, 2.05) is 31.2 Å².